The normalized spacial score (nSPS) is 11.1. The van der Waals surface area contributed by atoms with Crippen LogP contribution in [0.5, 0.6) is 0 Å². The van der Waals surface area contributed by atoms with Crippen LogP contribution in [0.2, 0.25) is 15.8 Å². The Kier molecular flexibility index (Phi) is 7.96. The Morgan fingerprint density at radius 2 is 0.750 bits per heavy atom. The summed E-state index contributed by atoms with van der Waals surface area (Å²) in [6.45, 7) is 6.76. The van der Waals surface area contributed by atoms with Crippen LogP contribution in [0.25, 0.3) is 0 Å². The van der Waals surface area contributed by atoms with Crippen LogP contribution in [0, 0.1) is 20.8 Å². The molecule has 0 aliphatic rings. The fraction of sp³-hybridized carbons (Fsp3) is 0.333. The first-order valence-electron chi connectivity index (χ1n) is 10.4. The molecule has 0 nitrogen and oxygen atoms in total. The molecule has 0 bridgehead atoms. The topological polar surface area (TPSA) is 0 Å². The van der Waals surface area contributed by atoms with E-state index in [9.17, 15) is 0 Å². The van der Waals surface area contributed by atoms with E-state index in [1.54, 1.807) is 16.7 Å². The zero-order chi connectivity index (χ0) is 19.8. The van der Waals surface area contributed by atoms with Gasteiger partial charge in [0, 0.05) is 0 Å². The monoisotopic (exact) mass is 409 g/mol. The Bertz CT molecular complexity index is 763. The third kappa shape index (κ3) is 6.10. The molecule has 0 saturated carbocycles. The molecular weight excluding hydrogens is 376 g/mol. The van der Waals surface area contributed by atoms with Crippen molar-refractivity contribution in [3.8, 4) is 0 Å². The molecule has 0 aromatic heterocycles. The second-order valence-electron chi connectivity index (χ2n) is 7.75. The minimum atomic E-state index is -0.648. The molecule has 0 spiro atoms. The summed E-state index contributed by atoms with van der Waals surface area (Å²) in [5.74, 6) is 0. The molecular formula is C27H33Cr. The van der Waals surface area contributed by atoms with Crippen molar-refractivity contribution in [2.75, 3.05) is 0 Å². The van der Waals surface area contributed by atoms with Gasteiger partial charge < -0.3 is 0 Å². The van der Waals surface area contributed by atoms with Gasteiger partial charge in [-0.1, -0.05) is 0 Å². The van der Waals surface area contributed by atoms with Crippen LogP contribution in [-0.2, 0) is 33.4 Å². The van der Waals surface area contributed by atoms with Gasteiger partial charge in [0.2, 0.25) is 0 Å². The molecule has 3 aromatic rings. The van der Waals surface area contributed by atoms with E-state index in [0.717, 1.165) is 0 Å². The van der Waals surface area contributed by atoms with E-state index < -0.39 is 14.1 Å². The summed E-state index contributed by atoms with van der Waals surface area (Å²) in [5.41, 5.74) is 8.98. The van der Waals surface area contributed by atoms with Crippen LogP contribution in [0.1, 0.15) is 33.4 Å². The molecule has 0 unspecified atom stereocenters. The van der Waals surface area contributed by atoms with E-state index >= 15 is 0 Å². The Morgan fingerprint density at radius 3 is 1.04 bits per heavy atom. The van der Waals surface area contributed by atoms with Gasteiger partial charge in [0.15, 0.2) is 0 Å². The standard InChI is InChI=1S/3C9H11.Cr/c3*1-3-9-7-5-4-6-8(9)2;/h3*4-7H,1,3H2,2H3;. The van der Waals surface area contributed by atoms with Gasteiger partial charge in [-0.15, -0.1) is 0 Å². The molecule has 0 atom stereocenters. The molecule has 147 valence electrons. The third-order valence-electron chi connectivity index (χ3n) is 5.76. The molecule has 0 amide bonds. The predicted octanol–water partition coefficient (Wildman–Crippen LogP) is 7.51. The molecule has 0 N–H and O–H groups in total. The number of hydrogen-bond acceptors (Lipinski definition) is 0. The fourth-order valence-corrected chi connectivity index (χ4v) is 7.08. The fourth-order valence-electron chi connectivity index (χ4n) is 3.74. The molecule has 1 heteroatoms. The van der Waals surface area contributed by atoms with Crippen molar-refractivity contribution in [1.29, 1.82) is 0 Å². The Labute approximate surface area is 176 Å². The van der Waals surface area contributed by atoms with Gasteiger partial charge in [0.05, 0.1) is 0 Å². The second kappa shape index (κ2) is 10.7. The first-order valence-corrected chi connectivity index (χ1v) is 13.1. The van der Waals surface area contributed by atoms with E-state index in [0.29, 0.717) is 0 Å². The predicted molar refractivity (Wildman–Crippen MR) is 119 cm³/mol. The number of rotatable bonds is 9. The third-order valence-corrected chi connectivity index (χ3v) is 9.42. The first-order chi connectivity index (χ1) is 13.6. The summed E-state index contributed by atoms with van der Waals surface area (Å²) in [5, 5.41) is 4.22. The van der Waals surface area contributed by atoms with E-state index in [1.165, 1.54) is 51.8 Å². The van der Waals surface area contributed by atoms with Crippen molar-refractivity contribution < 1.29 is 14.1 Å². The van der Waals surface area contributed by atoms with Crippen LogP contribution < -0.4 is 0 Å². The summed E-state index contributed by atoms with van der Waals surface area (Å²) < 4.78 is 0. The van der Waals surface area contributed by atoms with Crippen LogP contribution in [0.3, 0.4) is 0 Å². The van der Waals surface area contributed by atoms with Crippen LogP contribution >= 0.6 is 0 Å². The first kappa shape index (κ1) is 20.9. The summed E-state index contributed by atoms with van der Waals surface area (Å²) in [7, 11) is 0. The average Bonchev–Trinajstić information content (AvgIpc) is 2.71. The summed E-state index contributed by atoms with van der Waals surface area (Å²) >= 11 is -0.648. The Balaban J connectivity index is 1.65. The van der Waals surface area contributed by atoms with Crippen molar-refractivity contribution in [2.45, 2.75) is 55.9 Å². The van der Waals surface area contributed by atoms with E-state index in [1.807, 2.05) is 0 Å². The van der Waals surface area contributed by atoms with E-state index in [2.05, 4.69) is 93.6 Å². The van der Waals surface area contributed by atoms with Gasteiger partial charge in [0.1, 0.15) is 0 Å². The van der Waals surface area contributed by atoms with Gasteiger partial charge in [-0.3, -0.25) is 0 Å². The van der Waals surface area contributed by atoms with Gasteiger partial charge in [-0.25, -0.2) is 0 Å². The second-order valence-corrected chi connectivity index (χ2v) is 11.6. The molecule has 28 heavy (non-hydrogen) atoms. The molecule has 0 aliphatic carbocycles. The van der Waals surface area contributed by atoms with Crippen LogP contribution in [0.15, 0.2) is 72.8 Å². The summed E-state index contributed by atoms with van der Waals surface area (Å²) in [6.07, 6.45) is 3.75. The zero-order valence-electron chi connectivity index (χ0n) is 17.6. The maximum absolute atomic E-state index is 2.32. The van der Waals surface area contributed by atoms with Crippen molar-refractivity contribution in [3.63, 3.8) is 0 Å². The molecule has 0 heterocycles. The SMILES string of the molecule is Cc1ccccc1C[CH2][Cr]([CH2]Cc1ccccc1C)[CH2]Cc1ccccc1C. The molecule has 3 aromatic carbocycles. The summed E-state index contributed by atoms with van der Waals surface area (Å²) in [6, 6.07) is 26.8. The van der Waals surface area contributed by atoms with Gasteiger partial charge in [-0.05, 0) is 0 Å². The number of aryl methyl sites for hydroxylation is 6. The van der Waals surface area contributed by atoms with Crippen molar-refractivity contribution in [2.24, 2.45) is 0 Å². The van der Waals surface area contributed by atoms with Gasteiger partial charge in [0.25, 0.3) is 0 Å². The maximum atomic E-state index is 2.32. The van der Waals surface area contributed by atoms with Gasteiger partial charge in [-0.2, -0.15) is 0 Å². The van der Waals surface area contributed by atoms with Crippen molar-refractivity contribution >= 4 is 0 Å². The zero-order valence-corrected chi connectivity index (χ0v) is 18.9. The minimum absolute atomic E-state index is 0.648. The molecule has 0 aliphatic heterocycles. The Morgan fingerprint density at radius 1 is 0.464 bits per heavy atom. The molecule has 0 saturated heterocycles. The van der Waals surface area contributed by atoms with E-state index in [4.69, 9.17) is 0 Å². The molecule has 3 rings (SSSR count). The van der Waals surface area contributed by atoms with Crippen LogP contribution in [-0.4, -0.2) is 0 Å². The quantitative estimate of drug-likeness (QED) is 0.343. The molecule has 0 radical (unpaired) electrons. The van der Waals surface area contributed by atoms with Crippen LogP contribution in [0.4, 0.5) is 0 Å². The van der Waals surface area contributed by atoms with Crippen molar-refractivity contribution in [1.82, 2.24) is 0 Å². The summed E-state index contributed by atoms with van der Waals surface area (Å²) in [4.78, 5) is 0. The van der Waals surface area contributed by atoms with E-state index in [-0.39, 0.29) is 0 Å². The number of hydrogen-bond donors (Lipinski definition) is 0. The number of benzene rings is 3. The van der Waals surface area contributed by atoms with Gasteiger partial charge >= 0.3 is 176 Å². The molecule has 0 fully saturated rings. The Hall–Kier alpha value is -1.81. The average molecular weight is 410 g/mol. The van der Waals surface area contributed by atoms with Crippen molar-refractivity contribution in [3.05, 3.63) is 106 Å².